The Hall–Kier alpha value is -3.82. The van der Waals surface area contributed by atoms with Gasteiger partial charge in [0.1, 0.15) is 36.2 Å². The van der Waals surface area contributed by atoms with Crippen LogP contribution in [-0.4, -0.2) is 42.8 Å². The maximum absolute atomic E-state index is 13.1. The van der Waals surface area contributed by atoms with Crippen molar-refractivity contribution in [3.63, 3.8) is 0 Å². The molecule has 1 saturated carbocycles. The van der Waals surface area contributed by atoms with Crippen LogP contribution in [0, 0.1) is 12.8 Å². The smallest absolute Gasteiger partial charge is 0.231 e. The van der Waals surface area contributed by atoms with Gasteiger partial charge in [-0.25, -0.2) is 24.3 Å². The Labute approximate surface area is 177 Å². The Bertz CT molecular complexity index is 1150. The molecule has 0 radical (unpaired) electrons. The van der Waals surface area contributed by atoms with Crippen LogP contribution < -0.4 is 10.6 Å². The van der Waals surface area contributed by atoms with Crippen LogP contribution in [0.5, 0.6) is 0 Å². The van der Waals surface area contributed by atoms with Crippen LogP contribution in [0.1, 0.15) is 35.8 Å². The number of hydrogen-bond donors (Lipinski definition) is 2. The number of amides is 1. The number of hydrogen-bond acceptors (Lipinski definition) is 8. The maximum Gasteiger partial charge on any atom is 0.231 e. The summed E-state index contributed by atoms with van der Waals surface area (Å²) in [5, 5.41) is 5.81. The Morgan fingerprint density at radius 2 is 1.94 bits per heavy atom. The zero-order valence-electron chi connectivity index (χ0n) is 17.0. The monoisotopic (exact) mass is 421 g/mol. The predicted octanol–water partition coefficient (Wildman–Crippen LogP) is 3.27. The summed E-state index contributed by atoms with van der Waals surface area (Å²) in [5.74, 6) is -0.309. The summed E-state index contributed by atoms with van der Waals surface area (Å²) in [6, 6.07) is 3.30. The molecule has 0 saturated heterocycles. The number of nitrogens with one attached hydrogen (secondary N) is 2. The molecule has 10 heteroatoms. The number of halogens is 1. The lowest BCUT2D eigenvalue weighted by molar-refractivity contribution is -0.117. The van der Waals surface area contributed by atoms with Crippen molar-refractivity contribution in [1.82, 2.24) is 24.9 Å². The van der Waals surface area contributed by atoms with Crippen molar-refractivity contribution >= 4 is 29.0 Å². The fourth-order valence-electron chi connectivity index (χ4n) is 2.99. The maximum atomic E-state index is 13.1. The van der Waals surface area contributed by atoms with Crippen LogP contribution in [0.15, 0.2) is 37.2 Å². The first kappa shape index (κ1) is 20.5. The van der Waals surface area contributed by atoms with Crippen LogP contribution >= 0.6 is 0 Å². The number of carbonyl (C=O) groups excluding carboxylic acids is 2. The highest BCUT2D eigenvalue weighted by molar-refractivity contribution is 5.95. The van der Waals surface area contributed by atoms with Crippen molar-refractivity contribution in [2.45, 2.75) is 32.9 Å². The largest absolute Gasteiger partial charge is 0.338 e. The SMILES string of the molecule is CCC(=O)c1cc(C)c(Nc2ncncc2-c2cc(NC(=O)[C@H]3CC3F)ncn2)cn1. The molecule has 1 unspecified atom stereocenters. The molecule has 0 spiro atoms. The van der Waals surface area contributed by atoms with Crippen molar-refractivity contribution in [2.24, 2.45) is 5.92 Å². The molecule has 0 bridgehead atoms. The number of pyridine rings is 1. The average molecular weight is 421 g/mol. The van der Waals surface area contributed by atoms with E-state index in [1.165, 1.54) is 12.7 Å². The topological polar surface area (TPSA) is 123 Å². The molecule has 0 aliphatic heterocycles. The van der Waals surface area contributed by atoms with E-state index in [0.717, 1.165) is 5.56 Å². The van der Waals surface area contributed by atoms with Gasteiger partial charge < -0.3 is 10.6 Å². The van der Waals surface area contributed by atoms with Crippen molar-refractivity contribution in [3.8, 4) is 11.3 Å². The van der Waals surface area contributed by atoms with Gasteiger partial charge in [-0.05, 0) is 25.0 Å². The van der Waals surface area contributed by atoms with Gasteiger partial charge in [0.25, 0.3) is 0 Å². The zero-order valence-corrected chi connectivity index (χ0v) is 17.0. The van der Waals surface area contributed by atoms with Gasteiger partial charge in [-0.15, -0.1) is 0 Å². The van der Waals surface area contributed by atoms with Crippen LogP contribution in [0.4, 0.5) is 21.7 Å². The summed E-state index contributed by atoms with van der Waals surface area (Å²) in [6.45, 7) is 3.66. The molecule has 9 nitrogen and oxygen atoms in total. The number of ketones is 1. The van der Waals surface area contributed by atoms with Gasteiger partial charge in [0.15, 0.2) is 5.78 Å². The number of aromatic nitrogens is 5. The molecular weight excluding hydrogens is 401 g/mol. The summed E-state index contributed by atoms with van der Waals surface area (Å²) in [7, 11) is 0. The summed E-state index contributed by atoms with van der Waals surface area (Å²) < 4.78 is 13.1. The lowest BCUT2D eigenvalue weighted by atomic mass is 10.1. The average Bonchev–Trinajstić information content (AvgIpc) is 3.52. The number of aryl methyl sites for hydroxylation is 1. The lowest BCUT2D eigenvalue weighted by Crippen LogP contribution is -2.16. The zero-order chi connectivity index (χ0) is 22.0. The minimum absolute atomic E-state index is 0.0294. The molecular formula is C21H20FN7O2. The number of alkyl halides is 1. The molecule has 1 aliphatic rings. The number of anilines is 3. The summed E-state index contributed by atoms with van der Waals surface area (Å²) >= 11 is 0. The molecule has 1 fully saturated rings. The Balaban J connectivity index is 1.59. The molecule has 3 aromatic rings. The second-order valence-corrected chi connectivity index (χ2v) is 7.21. The van der Waals surface area contributed by atoms with Crippen LogP contribution in [0.25, 0.3) is 11.3 Å². The van der Waals surface area contributed by atoms with Gasteiger partial charge in [0.05, 0.1) is 29.1 Å². The minimum Gasteiger partial charge on any atom is -0.338 e. The van der Waals surface area contributed by atoms with Crippen molar-refractivity contribution in [2.75, 3.05) is 10.6 Å². The molecule has 4 rings (SSSR count). The third-order valence-electron chi connectivity index (χ3n) is 4.93. The normalized spacial score (nSPS) is 17.1. The van der Waals surface area contributed by atoms with Crippen molar-refractivity contribution < 1.29 is 14.0 Å². The number of carbonyl (C=O) groups is 2. The molecule has 158 valence electrons. The number of rotatable bonds is 7. The van der Waals surface area contributed by atoms with E-state index < -0.39 is 18.0 Å². The first-order valence-corrected chi connectivity index (χ1v) is 9.80. The Morgan fingerprint density at radius 3 is 2.65 bits per heavy atom. The highest BCUT2D eigenvalue weighted by atomic mass is 19.1. The summed E-state index contributed by atoms with van der Waals surface area (Å²) in [5.41, 5.74) is 2.97. The van der Waals surface area contributed by atoms with Crippen LogP contribution in [0.2, 0.25) is 0 Å². The van der Waals surface area contributed by atoms with E-state index in [-0.39, 0.29) is 18.0 Å². The first-order chi connectivity index (χ1) is 15.0. The standard InChI is InChI=1S/C21H20FN7O2/c1-3-18(30)16-4-11(2)17(8-24-16)28-20-13(7-23-9-27-20)15-6-19(26-10-25-15)29-21(31)12-5-14(12)22/h4,6-10,12,14H,3,5H2,1-2H3,(H,23,27,28)(H,25,26,29,31)/t12-,14?/m0/s1. The van der Waals surface area contributed by atoms with Gasteiger partial charge in [-0.3, -0.25) is 14.6 Å². The molecule has 3 aromatic heterocycles. The highest BCUT2D eigenvalue weighted by Gasteiger charge is 2.43. The van der Waals surface area contributed by atoms with Gasteiger partial charge in [-0.1, -0.05) is 6.92 Å². The third kappa shape index (κ3) is 4.52. The highest BCUT2D eigenvalue weighted by Crippen LogP contribution is 2.35. The second-order valence-electron chi connectivity index (χ2n) is 7.21. The van der Waals surface area contributed by atoms with Gasteiger partial charge in [-0.2, -0.15) is 0 Å². The first-order valence-electron chi connectivity index (χ1n) is 9.80. The van der Waals surface area contributed by atoms with E-state index in [1.807, 2.05) is 6.92 Å². The third-order valence-corrected chi connectivity index (χ3v) is 4.93. The molecule has 1 amide bonds. The second kappa shape index (κ2) is 8.50. The minimum atomic E-state index is -1.09. The van der Waals surface area contributed by atoms with E-state index in [2.05, 4.69) is 35.6 Å². The van der Waals surface area contributed by atoms with E-state index in [0.29, 0.717) is 34.9 Å². The van der Waals surface area contributed by atoms with E-state index >= 15 is 0 Å². The molecule has 2 N–H and O–H groups in total. The van der Waals surface area contributed by atoms with Crippen LogP contribution in [0.3, 0.4) is 0 Å². The molecule has 0 aromatic carbocycles. The lowest BCUT2D eigenvalue weighted by Gasteiger charge is -2.13. The fourth-order valence-corrected chi connectivity index (χ4v) is 2.99. The van der Waals surface area contributed by atoms with E-state index in [9.17, 15) is 14.0 Å². The van der Waals surface area contributed by atoms with Gasteiger partial charge in [0.2, 0.25) is 5.91 Å². The molecule has 1 aliphatic carbocycles. The number of Topliss-reactive ketones (excluding diaryl/α,β-unsaturated/α-hetero) is 1. The molecule has 31 heavy (non-hydrogen) atoms. The quantitative estimate of drug-likeness (QED) is 0.557. The van der Waals surface area contributed by atoms with Gasteiger partial charge >= 0.3 is 0 Å². The van der Waals surface area contributed by atoms with Crippen molar-refractivity contribution in [3.05, 3.63) is 48.4 Å². The predicted molar refractivity (Wildman–Crippen MR) is 112 cm³/mol. The van der Waals surface area contributed by atoms with Crippen molar-refractivity contribution in [1.29, 1.82) is 0 Å². The number of nitrogens with zero attached hydrogens (tertiary/aromatic N) is 5. The Kier molecular flexibility index (Phi) is 5.61. The van der Waals surface area contributed by atoms with E-state index in [1.54, 1.807) is 31.5 Å². The summed E-state index contributed by atoms with van der Waals surface area (Å²) in [4.78, 5) is 44.7. The fraction of sp³-hybridized carbons (Fsp3) is 0.286. The summed E-state index contributed by atoms with van der Waals surface area (Å²) in [6.07, 6.45) is 5.39. The molecule has 2 atom stereocenters. The Morgan fingerprint density at radius 1 is 1.13 bits per heavy atom. The molecule has 3 heterocycles. The van der Waals surface area contributed by atoms with Gasteiger partial charge in [0, 0.05) is 18.7 Å². The van der Waals surface area contributed by atoms with Crippen LogP contribution in [-0.2, 0) is 4.79 Å². The van der Waals surface area contributed by atoms with E-state index in [4.69, 9.17) is 0 Å².